The maximum absolute atomic E-state index is 9.64. The summed E-state index contributed by atoms with van der Waals surface area (Å²) in [6.07, 6.45) is 2.88. The molecule has 0 saturated carbocycles. The van der Waals surface area contributed by atoms with Gasteiger partial charge in [-0.25, -0.2) is 0 Å². The Kier molecular flexibility index (Phi) is 9.17. The molecule has 170 valence electrons. The molecule has 2 aromatic rings. The molecule has 3 N–H and O–H groups in total. The molecule has 0 aromatic heterocycles. The summed E-state index contributed by atoms with van der Waals surface area (Å²) in [5, 5.41) is 20.0. The fraction of sp³-hybridized carbons (Fsp3) is 0.333. The quantitative estimate of drug-likeness (QED) is 0.485. The van der Waals surface area contributed by atoms with Crippen molar-refractivity contribution in [1.29, 1.82) is 0 Å². The molecule has 2 aromatic carbocycles. The van der Waals surface area contributed by atoms with E-state index in [1.165, 1.54) is 26.5 Å². The van der Waals surface area contributed by atoms with Crippen molar-refractivity contribution in [2.24, 2.45) is 0 Å². The summed E-state index contributed by atoms with van der Waals surface area (Å²) in [5.74, 6) is -2.15. The maximum Gasteiger partial charge on any atom is 0.303 e. The van der Waals surface area contributed by atoms with Gasteiger partial charge in [-0.15, -0.1) is 0 Å². The number of nitrogens with zero attached hydrogens (tertiary/aromatic N) is 1. The Labute approximate surface area is 197 Å². The van der Waals surface area contributed by atoms with Crippen LogP contribution in [0.3, 0.4) is 0 Å². The van der Waals surface area contributed by atoms with Gasteiger partial charge in [0.1, 0.15) is 0 Å². The number of hydrogen-bond donors (Lipinski definition) is 3. The molecule has 0 spiro atoms. The first-order valence-corrected chi connectivity index (χ1v) is 11.8. The van der Waals surface area contributed by atoms with Crippen LogP contribution in [0.1, 0.15) is 30.4 Å². The van der Waals surface area contributed by atoms with E-state index < -0.39 is 11.9 Å². The largest absolute Gasteiger partial charge is 0.481 e. The molecule has 4 rings (SSSR count). The molecule has 2 aliphatic heterocycles. The molecule has 1 saturated heterocycles. The number of piperazine rings is 1. The fourth-order valence-electron chi connectivity index (χ4n) is 3.60. The second-order valence-corrected chi connectivity index (χ2v) is 9.04. The van der Waals surface area contributed by atoms with E-state index in [9.17, 15) is 9.59 Å². The third kappa shape index (κ3) is 7.10. The number of carboxylic acid groups (broad SMARTS) is 2. The van der Waals surface area contributed by atoms with Crippen molar-refractivity contribution in [1.82, 2.24) is 10.2 Å². The summed E-state index contributed by atoms with van der Waals surface area (Å²) in [6.45, 7) is 5.63. The Morgan fingerprint density at radius 2 is 1.66 bits per heavy atom. The molecule has 2 aliphatic rings. The van der Waals surface area contributed by atoms with Crippen LogP contribution in [0.5, 0.6) is 0 Å². The lowest BCUT2D eigenvalue weighted by Crippen LogP contribution is -2.43. The average molecular weight is 475 g/mol. The van der Waals surface area contributed by atoms with Crippen LogP contribution in [-0.4, -0.2) is 59.8 Å². The molecule has 0 unspecified atom stereocenters. The minimum absolute atomic E-state index is 0.296. The molecule has 0 radical (unpaired) electrons. The van der Waals surface area contributed by atoms with Crippen molar-refractivity contribution in [3.63, 3.8) is 0 Å². The highest BCUT2D eigenvalue weighted by atomic mass is 35.5. The van der Waals surface area contributed by atoms with Crippen molar-refractivity contribution < 1.29 is 19.8 Å². The van der Waals surface area contributed by atoms with Crippen molar-refractivity contribution in [3.8, 4) is 0 Å². The highest BCUT2D eigenvalue weighted by Gasteiger charge is 2.20. The molecular weight excluding hydrogens is 448 g/mol. The van der Waals surface area contributed by atoms with Crippen molar-refractivity contribution in [2.45, 2.75) is 29.1 Å². The minimum Gasteiger partial charge on any atom is -0.481 e. The molecule has 1 fully saturated rings. The summed E-state index contributed by atoms with van der Waals surface area (Å²) in [4.78, 5) is 24.5. The summed E-state index contributed by atoms with van der Waals surface area (Å²) in [7, 11) is 0. The van der Waals surface area contributed by atoms with Crippen LogP contribution in [-0.2, 0) is 9.59 Å². The van der Waals surface area contributed by atoms with E-state index in [0.29, 0.717) is 0 Å². The van der Waals surface area contributed by atoms with Crippen LogP contribution in [0.4, 0.5) is 0 Å². The SMILES string of the molecule is Clc1ccc2c(c1)/C(=C/CCN1CCNCC1)c1ccccc1S2.O=C(O)CCC(=O)O. The Hall–Kier alpha value is -2.32. The second-order valence-electron chi connectivity index (χ2n) is 7.52. The van der Waals surface area contributed by atoms with E-state index in [4.69, 9.17) is 21.8 Å². The number of carbonyl (C=O) groups is 2. The van der Waals surface area contributed by atoms with Crippen LogP contribution in [0, 0.1) is 0 Å². The zero-order chi connectivity index (χ0) is 22.9. The lowest BCUT2D eigenvalue weighted by atomic mass is 9.96. The van der Waals surface area contributed by atoms with Gasteiger partial charge in [-0.05, 0) is 47.4 Å². The Morgan fingerprint density at radius 1 is 1.00 bits per heavy atom. The fourth-order valence-corrected chi connectivity index (χ4v) is 4.86. The number of fused-ring (bicyclic) bond motifs is 2. The topological polar surface area (TPSA) is 89.9 Å². The van der Waals surface area contributed by atoms with E-state index in [0.717, 1.165) is 44.2 Å². The zero-order valence-corrected chi connectivity index (χ0v) is 19.3. The molecule has 6 nitrogen and oxygen atoms in total. The minimum atomic E-state index is -1.08. The molecule has 2 heterocycles. The summed E-state index contributed by atoms with van der Waals surface area (Å²) in [6, 6.07) is 14.9. The van der Waals surface area contributed by atoms with Crippen LogP contribution in [0.25, 0.3) is 5.57 Å². The molecule has 8 heteroatoms. The number of halogens is 1. The van der Waals surface area contributed by atoms with Crippen molar-refractivity contribution in [2.75, 3.05) is 32.7 Å². The molecule has 0 amide bonds. The maximum atomic E-state index is 9.64. The summed E-state index contributed by atoms with van der Waals surface area (Å²) < 4.78 is 0. The Morgan fingerprint density at radius 3 is 2.34 bits per heavy atom. The molecular formula is C24H27ClN2O4S. The first kappa shape index (κ1) is 24.3. The van der Waals surface area contributed by atoms with Crippen LogP contribution >= 0.6 is 23.4 Å². The molecule has 0 aliphatic carbocycles. The number of carboxylic acids is 2. The van der Waals surface area contributed by atoms with Gasteiger partial charge in [0, 0.05) is 47.5 Å². The number of benzene rings is 2. The normalized spacial score (nSPS) is 16.5. The number of rotatable bonds is 6. The number of hydrogen-bond acceptors (Lipinski definition) is 5. The standard InChI is InChI=1S/C20H21ClN2S.C4H6O4/c21-15-7-8-20-18(14-15)16(17-4-1-2-6-19(17)24-20)5-3-11-23-12-9-22-10-13-23;5-3(6)1-2-4(7)8/h1-2,4-8,14,22H,3,9-13H2;1-2H2,(H,5,6)(H,7,8)/b16-5+;. The first-order valence-electron chi connectivity index (χ1n) is 10.6. The van der Waals surface area contributed by atoms with Crippen molar-refractivity contribution >= 4 is 40.9 Å². The molecule has 32 heavy (non-hydrogen) atoms. The Balaban J connectivity index is 0.000000312. The third-order valence-corrected chi connectivity index (χ3v) is 6.57. The second kappa shape index (κ2) is 12.1. The van der Waals surface area contributed by atoms with Crippen LogP contribution in [0.15, 0.2) is 58.3 Å². The Bertz CT molecular complexity index is 976. The predicted octanol–water partition coefficient (Wildman–Crippen LogP) is 4.47. The van der Waals surface area contributed by atoms with E-state index in [2.05, 4.69) is 52.7 Å². The smallest absolute Gasteiger partial charge is 0.303 e. The molecule has 0 bridgehead atoms. The van der Waals surface area contributed by atoms with Crippen molar-refractivity contribution in [3.05, 3.63) is 64.7 Å². The highest BCUT2D eigenvalue weighted by molar-refractivity contribution is 7.99. The van der Waals surface area contributed by atoms with Gasteiger partial charge in [-0.1, -0.05) is 47.6 Å². The first-order chi connectivity index (χ1) is 15.4. The van der Waals surface area contributed by atoms with Crippen LogP contribution < -0.4 is 5.32 Å². The lowest BCUT2D eigenvalue weighted by molar-refractivity contribution is -0.143. The van der Waals surface area contributed by atoms with Gasteiger partial charge in [0.25, 0.3) is 0 Å². The van der Waals surface area contributed by atoms with Gasteiger partial charge in [-0.3, -0.25) is 9.59 Å². The van der Waals surface area contributed by atoms with E-state index in [1.807, 2.05) is 17.8 Å². The van der Waals surface area contributed by atoms with E-state index in [1.54, 1.807) is 0 Å². The summed E-state index contributed by atoms with van der Waals surface area (Å²) >= 11 is 8.11. The van der Waals surface area contributed by atoms with Gasteiger partial charge in [0.15, 0.2) is 0 Å². The van der Waals surface area contributed by atoms with Gasteiger partial charge in [-0.2, -0.15) is 0 Å². The number of aliphatic carboxylic acids is 2. The zero-order valence-electron chi connectivity index (χ0n) is 17.7. The van der Waals surface area contributed by atoms with E-state index in [-0.39, 0.29) is 12.8 Å². The van der Waals surface area contributed by atoms with Gasteiger partial charge < -0.3 is 20.4 Å². The van der Waals surface area contributed by atoms with E-state index >= 15 is 0 Å². The molecule has 0 atom stereocenters. The van der Waals surface area contributed by atoms with Gasteiger partial charge in [0.2, 0.25) is 0 Å². The monoisotopic (exact) mass is 474 g/mol. The predicted molar refractivity (Wildman–Crippen MR) is 128 cm³/mol. The third-order valence-electron chi connectivity index (χ3n) is 5.19. The summed E-state index contributed by atoms with van der Waals surface area (Å²) in [5.41, 5.74) is 3.93. The highest BCUT2D eigenvalue weighted by Crippen LogP contribution is 2.46. The van der Waals surface area contributed by atoms with Gasteiger partial charge in [0.05, 0.1) is 12.8 Å². The number of nitrogens with one attached hydrogen (secondary N) is 1. The lowest BCUT2D eigenvalue weighted by Gasteiger charge is -2.27. The average Bonchev–Trinajstić information content (AvgIpc) is 2.79. The van der Waals surface area contributed by atoms with Crippen LogP contribution in [0.2, 0.25) is 5.02 Å². The van der Waals surface area contributed by atoms with Gasteiger partial charge >= 0.3 is 11.9 Å².